The van der Waals surface area contributed by atoms with Crippen LogP contribution in [0.15, 0.2) is 0 Å². The zero-order valence-electron chi connectivity index (χ0n) is 13.1. The fraction of sp³-hybridized carbons (Fsp3) is 1.00. The van der Waals surface area contributed by atoms with Crippen molar-refractivity contribution in [1.82, 2.24) is 5.32 Å². The first kappa shape index (κ1) is 20.7. The molecule has 0 unspecified atom stereocenters. The first-order chi connectivity index (χ1) is 9.60. The average molecular weight is 311 g/mol. The monoisotopic (exact) mass is 311 g/mol. The zero-order chi connectivity index (χ0) is 16.7. The molecule has 0 spiro atoms. The lowest BCUT2D eigenvalue weighted by atomic mass is 9.96. The van der Waals surface area contributed by atoms with E-state index in [1.54, 1.807) is 0 Å². The van der Waals surface area contributed by atoms with Crippen molar-refractivity contribution in [3.05, 3.63) is 0 Å². The van der Waals surface area contributed by atoms with Crippen LogP contribution in [0.2, 0.25) is 0 Å². The van der Waals surface area contributed by atoms with Crippen LogP contribution in [0.4, 0.5) is 0 Å². The summed E-state index contributed by atoms with van der Waals surface area (Å²) in [5.41, 5.74) is -2.18. The normalized spacial score (nSPS) is 19.9. The molecule has 8 nitrogen and oxygen atoms in total. The summed E-state index contributed by atoms with van der Waals surface area (Å²) in [5, 5.41) is 59.7. The molecular formula is C13H31N2O6+. The molecule has 0 aliphatic heterocycles. The van der Waals surface area contributed by atoms with Gasteiger partial charge in [0.1, 0.15) is 18.8 Å². The van der Waals surface area contributed by atoms with Gasteiger partial charge in [-0.2, -0.15) is 0 Å². The number of aliphatic hydroxyl groups is 6. The van der Waals surface area contributed by atoms with E-state index in [4.69, 9.17) is 10.2 Å². The third kappa shape index (κ3) is 6.54. The number of hydrogen-bond donors (Lipinski definition) is 7. The number of aliphatic hydroxyl groups excluding tert-OH is 5. The van der Waals surface area contributed by atoms with Crippen LogP contribution in [-0.2, 0) is 0 Å². The Bertz CT molecular complexity index is 290. The molecule has 0 aromatic carbocycles. The predicted octanol–water partition coefficient (Wildman–Crippen LogP) is -3.18. The summed E-state index contributed by atoms with van der Waals surface area (Å²) >= 11 is 0. The second-order valence-corrected chi connectivity index (χ2v) is 6.10. The van der Waals surface area contributed by atoms with E-state index in [-0.39, 0.29) is 13.2 Å². The van der Waals surface area contributed by atoms with E-state index in [1.807, 2.05) is 14.1 Å². The van der Waals surface area contributed by atoms with Crippen LogP contribution in [0.1, 0.15) is 13.3 Å². The Balaban J connectivity index is 4.52. The zero-order valence-corrected chi connectivity index (χ0v) is 13.1. The van der Waals surface area contributed by atoms with E-state index in [9.17, 15) is 20.4 Å². The smallest absolute Gasteiger partial charge is 0.173 e. The van der Waals surface area contributed by atoms with Crippen LogP contribution < -0.4 is 5.32 Å². The molecule has 128 valence electrons. The second-order valence-electron chi connectivity index (χ2n) is 6.10. The van der Waals surface area contributed by atoms with Gasteiger partial charge >= 0.3 is 0 Å². The molecule has 0 amide bonds. The van der Waals surface area contributed by atoms with E-state index in [0.29, 0.717) is 24.0 Å². The number of nitrogens with one attached hydrogen (secondary N) is 1. The Morgan fingerprint density at radius 3 is 2.10 bits per heavy atom. The van der Waals surface area contributed by atoms with E-state index in [2.05, 4.69) is 5.32 Å². The fourth-order valence-corrected chi connectivity index (χ4v) is 2.10. The van der Waals surface area contributed by atoms with E-state index >= 15 is 0 Å². The van der Waals surface area contributed by atoms with Crippen LogP contribution in [0.3, 0.4) is 0 Å². The van der Waals surface area contributed by atoms with Crippen molar-refractivity contribution in [1.29, 1.82) is 0 Å². The molecule has 7 N–H and O–H groups in total. The van der Waals surface area contributed by atoms with Crippen molar-refractivity contribution < 1.29 is 35.1 Å². The Labute approximate surface area is 125 Å². The number of likely N-dealkylation sites (N-methyl/N-ethyl adjacent to an activating group) is 1. The quantitative estimate of drug-likeness (QED) is 0.121. The molecule has 0 saturated heterocycles. The van der Waals surface area contributed by atoms with Crippen molar-refractivity contribution in [3.63, 3.8) is 0 Å². The lowest BCUT2D eigenvalue weighted by Crippen LogP contribution is -2.66. The minimum atomic E-state index is -2.18. The van der Waals surface area contributed by atoms with Gasteiger partial charge in [0.2, 0.25) is 0 Å². The SMILES string of the molecule is C[C@H](O)[C@@H](O)[C@](O)(NCCC[N+](C)(C)CCO)[C@H](O)CO. The molecule has 0 aliphatic rings. The van der Waals surface area contributed by atoms with E-state index in [1.165, 1.54) is 6.92 Å². The maximum atomic E-state index is 10.3. The Hall–Kier alpha value is -0.320. The van der Waals surface area contributed by atoms with Gasteiger partial charge in [0.15, 0.2) is 5.72 Å². The van der Waals surface area contributed by atoms with E-state index < -0.39 is 30.6 Å². The van der Waals surface area contributed by atoms with Gasteiger partial charge < -0.3 is 35.1 Å². The molecule has 4 atom stereocenters. The summed E-state index contributed by atoms with van der Waals surface area (Å²) in [5.74, 6) is 0. The van der Waals surface area contributed by atoms with Crippen molar-refractivity contribution in [3.8, 4) is 0 Å². The number of hydrogen-bond acceptors (Lipinski definition) is 7. The highest BCUT2D eigenvalue weighted by Crippen LogP contribution is 2.16. The number of rotatable bonds is 11. The highest BCUT2D eigenvalue weighted by Gasteiger charge is 2.44. The minimum absolute atomic E-state index is 0.0777. The van der Waals surface area contributed by atoms with Crippen LogP contribution in [0.25, 0.3) is 0 Å². The van der Waals surface area contributed by atoms with Gasteiger partial charge in [-0.15, -0.1) is 0 Å². The second kappa shape index (κ2) is 8.96. The molecule has 0 aromatic rings. The molecule has 0 rings (SSSR count). The minimum Gasteiger partial charge on any atom is -0.394 e. The first-order valence-corrected chi connectivity index (χ1v) is 7.16. The van der Waals surface area contributed by atoms with Crippen molar-refractivity contribution >= 4 is 0 Å². The standard InChI is InChI=1S/C13H31N2O6/c1-10(18)12(20)13(21,11(19)9-17)14-5-4-6-15(2,3)7-8-16/h10-12,14,16-21H,4-9H2,1-3H3/q+1/t10-,11+,12+,13-/m0/s1. The summed E-state index contributed by atoms with van der Waals surface area (Å²) < 4.78 is 0.595. The van der Waals surface area contributed by atoms with Gasteiger partial charge in [0.25, 0.3) is 0 Å². The lowest BCUT2D eigenvalue weighted by molar-refractivity contribution is -0.890. The number of nitrogens with zero attached hydrogens (tertiary/aromatic N) is 1. The van der Waals surface area contributed by atoms with Crippen LogP contribution >= 0.6 is 0 Å². The van der Waals surface area contributed by atoms with Gasteiger partial charge in [-0.05, 0) is 6.92 Å². The van der Waals surface area contributed by atoms with Crippen molar-refractivity contribution in [2.45, 2.75) is 37.4 Å². The van der Waals surface area contributed by atoms with Gasteiger partial charge in [0, 0.05) is 13.0 Å². The van der Waals surface area contributed by atoms with Gasteiger partial charge in [0.05, 0.1) is 40.0 Å². The molecule has 0 radical (unpaired) electrons. The van der Waals surface area contributed by atoms with Gasteiger partial charge in [-0.1, -0.05) is 0 Å². The lowest BCUT2D eigenvalue weighted by Gasteiger charge is -2.38. The third-order valence-electron chi connectivity index (χ3n) is 3.64. The fourth-order valence-electron chi connectivity index (χ4n) is 2.10. The molecule has 0 heterocycles. The molecule has 0 aromatic heterocycles. The Morgan fingerprint density at radius 2 is 1.67 bits per heavy atom. The summed E-state index contributed by atoms with van der Waals surface area (Å²) in [7, 11) is 3.91. The third-order valence-corrected chi connectivity index (χ3v) is 3.64. The average Bonchev–Trinajstić information content (AvgIpc) is 2.41. The topological polar surface area (TPSA) is 133 Å². The van der Waals surface area contributed by atoms with Crippen LogP contribution in [-0.4, -0.2) is 106 Å². The maximum absolute atomic E-state index is 10.3. The largest absolute Gasteiger partial charge is 0.394 e. The molecule has 0 bridgehead atoms. The van der Waals surface area contributed by atoms with E-state index in [0.717, 1.165) is 0 Å². The Morgan fingerprint density at radius 1 is 1.10 bits per heavy atom. The highest BCUT2D eigenvalue weighted by atomic mass is 16.4. The van der Waals surface area contributed by atoms with Crippen molar-refractivity contribution in [2.75, 3.05) is 46.9 Å². The first-order valence-electron chi connectivity index (χ1n) is 7.16. The predicted molar refractivity (Wildman–Crippen MR) is 77.3 cm³/mol. The summed E-state index contributed by atoms with van der Waals surface area (Å²) in [6, 6.07) is 0. The summed E-state index contributed by atoms with van der Waals surface area (Å²) in [4.78, 5) is 0. The molecule has 8 heteroatoms. The molecule has 21 heavy (non-hydrogen) atoms. The van der Waals surface area contributed by atoms with Crippen LogP contribution in [0.5, 0.6) is 0 Å². The molecule has 0 aliphatic carbocycles. The Kier molecular flexibility index (Phi) is 8.83. The molecular weight excluding hydrogens is 280 g/mol. The van der Waals surface area contributed by atoms with Crippen molar-refractivity contribution in [2.24, 2.45) is 0 Å². The van der Waals surface area contributed by atoms with Crippen LogP contribution in [0, 0.1) is 0 Å². The maximum Gasteiger partial charge on any atom is 0.173 e. The number of quaternary nitrogens is 1. The molecule has 0 saturated carbocycles. The molecule has 0 fully saturated rings. The van der Waals surface area contributed by atoms with Gasteiger partial charge in [-0.3, -0.25) is 5.32 Å². The van der Waals surface area contributed by atoms with Gasteiger partial charge in [-0.25, -0.2) is 0 Å². The summed E-state index contributed by atoms with van der Waals surface area (Å²) in [6.45, 7) is 2.18. The summed E-state index contributed by atoms with van der Waals surface area (Å²) in [6.07, 6.45) is -3.92. The highest BCUT2D eigenvalue weighted by molar-refractivity contribution is 4.93.